The Bertz CT molecular complexity index is 451. The van der Waals surface area contributed by atoms with Gasteiger partial charge in [0.1, 0.15) is 0 Å². The Labute approximate surface area is 116 Å². The average Bonchev–Trinajstić information content (AvgIpc) is 2.71. The first-order valence-electron chi connectivity index (χ1n) is 6.69. The Hall–Kier alpha value is -0.383. The lowest BCUT2D eigenvalue weighted by Gasteiger charge is -2.36. The summed E-state index contributed by atoms with van der Waals surface area (Å²) in [5.41, 5.74) is 2.88. The molecule has 0 amide bonds. The summed E-state index contributed by atoms with van der Waals surface area (Å²) in [6.45, 7) is 12.4. The van der Waals surface area contributed by atoms with Crippen LogP contribution in [0.5, 0.6) is 0 Å². The van der Waals surface area contributed by atoms with Crippen molar-refractivity contribution in [3.63, 3.8) is 0 Å². The summed E-state index contributed by atoms with van der Waals surface area (Å²) in [6.07, 6.45) is 4.70. The Balaban J connectivity index is 2.01. The van der Waals surface area contributed by atoms with Crippen LogP contribution in [0.1, 0.15) is 37.6 Å². The first-order valence-corrected chi connectivity index (χ1v) is 10.5. The molecule has 1 heterocycles. The van der Waals surface area contributed by atoms with Crippen molar-refractivity contribution in [3.8, 4) is 0 Å². The van der Waals surface area contributed by atoms with E-state index in [9.17, 15) is 0 Å². The standard InChI is InChI=1S/C15H24OSSi/c1-15(2,3)18(4,5)16-11-12-6-7-14-13(10-12)8-9-17-14/h8-10H,6-7,11H2,1-5H3. The molecule has 0 saturated carbocycles. The lowest BCUT2D eigenvalue weighted by molar-refractivity contribution is 0.315. The maximum atomic E-state index is 6.30. The second-order valence-corrected chi connectivity index (χ2v) is 12.5. The zero-order chi connectivity index (χ0) is 13.4. The molecule has 1 aliphatic carbocycles. The molecule has 0 aromatic carbocycles. The quantitative estimate of drug-likeness (QED) is 0.700. The minimum atomic E-state index is -1.60. The zero-order valence-corrected chi connectivity index (χ0v) is 14.0. The van der Waals surface area contributed by atoms with E-state index in [-0.39, 0.29) is 0 Å². The van der Waals surface area contributed by atoms with Gasteiger partial charge in [0.25, 0.3) is 0 Å². The first kappa shape index (κ1) is 14.0. The molecule has 3 heteroatoms. The summed E-state index contributed by atoms with van der Waals surface area (Å²) in [4.78, 5) is 1.53. The van der Waals surface area contributed by atoms with Crippen LogP contribution in [0.25, 0.3) is 6.08 Å². The minimum Gasteiger partial charge on any atom is -0.413 e. The molecule has 0 atom stereocenters. The fourth-order valence-electron chi connectivity index (χ4n) is 1.85. The van der Waals surface area contributed by atoms with Gasteiger partial charge >= 0.3 is 0 Å². The minimum absolute atomic E-state index is 0.301. The number of fused-ring (bicyclic) bond motifs is 1. The van der Waals surface area contributed by atoms with Crippen LogP contribution in [0.4, 0.5) is 0 Å². The molecule has 100 valence electrons. The topological polar surface area (TPSA) is 9.23 Å². The zero-order valence-electron chi connectivity index (χ0n) is 12.2. The Kier molecular flexibility index (Phi) is 3.86. The van der Waals surface area contributed by atoms with Crippen molar-refractivity contribution < 1.29 is 4.43 Å². The van der Waals surface area contributed by atoms with Crippen LogP contribution >= 0.6 is 11.3 Å². The molecule has 1 aromatic rings. The van der Waals surface area contributed by atoms with E-state index in [1.165, 1.54) is 28.9 Å². The average molecular weight is 281 g/mol. The van der Waals surface area contributed by atoms with E-state index in [0.29, 0.717) is 5.04 Å². The molecule has 0 unspecified atom stereocenters. The summed E-state index contributed by atoms with van der Waals surface area (Å²) < 4.78 is 6.30. The summed E-state index contributed by atoms with van der Waals surface area (Å²) in [6, 6.07) is 2.23. The Morgan fingerprint density at radius 2 is 2.00 bits per heavy atom. The molecule has 0 radical (unpaired) electrons. The van der Waals surface area contributed by atoms with Crippen LogP contribution in [0.3, 0.4) is 0 Å². The van der Waals surface area contributed by atoms with Crippen LogP contribution in [-0.2, 0) is 10.8 Å². The molecular formula is C15H24OSSi. The van der Waals surface area contributed by atoms with Crippen molar-refractivity contribution in [1.29, 1.82) is 0 Å². The van der Waals surface area contributed by atoms with Gasteiger partial charge in [-0.2, -0.15) is 0 Å². The SMILES string of the molecule is CC(C)(C)[Si](C)(C)OCC1=Cc2ccsc2CC1. The fourth-order valence-corrected chi connectivity index (χ4v) is 3.69. The predicted octanol–water partition coefficient (Wildman–Crippen LogP) is 5.10. The second kappa shape index (κ2) is 4.95. The lowest BCUT2D eigenvalue weighted by Crippen LogP contribution is -2.41. The van der Waals surface area contributed by atoms with Gasteiger partial charge in [0.2, 0.25) is 0 Å². The molecular weight excluding hydrogens is 256 g/mol. The number of thiophene rings is 1. The third kappa shape index (κ3) is 2.95. The molecule has 0 saturated heterocycles. The van der Waals surface area contributed by atoms with Gasteiger partial charge in [-0.1, -0.05) is 26.8 Å². The van der Waals surface area contributed by atoms with Crippen molar-refractivity contribution >= 4 is 25.7 Å². The van der Waals surface area contributed by atoms with Crippen LogP contribution in [0.15, 0.2) is 17.0 Å². The first-order chi connectivity index (χ1) is 8.29. The van der Waals surface area contributed by atoms with E-state index >= 15 is 0 Å². The highest BCUT2D eigenvalue weighted by atomic mass is 32.1. The molecule has 1 aromatic heterocycles. The second-order valence-electron chi connectivity index (χ2n) is 6.65. The molecule has 0 fully saturated rings. The monoisotopic (exact) mass is 280 g/mol. The van der Waals surface area contributed by atoms with Gasteiger partial charge in [0.05, 0.1) is 6.61 Å². The fraction of sp³-hybridized carbons (Fsp3) is 0.600. The third-order valence-corrected chi connectivity index (χ3v) is 9.71. The van der Waals surface area contributed by atoms with Crippen LogP contribution < -0.4 is 0 Å². The van der Waals surface area contributed by atoms with Gasteiger partial charge in [0, 0.05) is 4.88 Å². The van der Waals surface area contributed by atoms with E-state index in [4.69, 9.17) is 4.43 Å². The number of hydrogen-bond donors (Lipinski definition) is 0. The Morgan fingerprint density at radius 3 is 2.67 bits per heavy atom. The summed E-state index contributed by atoms with van der Waals surface area (Å²) in [5.74, 6) is 0. The largest absolute Gasteiger partial charge is 0.413 e. The van der Waals surface area contributed by atoms with Gasteiger partial charge in [-0.15, -0.1) is 11.3 Å². The van der Waals surface area contributed by atoms with Gasteiger partial charge in [0.15, 0.2) is 8.32 Å². The lowest BCUT2D eigenvalue weighted by atomic mass is 10.00. The van der Waals surface area contributed by atoms with Crippen molar-refractivity contribution in [3.05, 3.63) is 27.5 Å². The van der Waals surface area contributed by atoms with Crippen molar-refractivity contribution in [2.75, 3.05) is 6.61 Å². The predicted molar refractivity (Wildman–Crippen MR) is 83.8 cm³/mol. The van der Waals surface area contributed by atoms with Crippen molar-refractivity contribution in [1.82, 2.24) is 0 Å². The van der Waals surface area contributed by atoms with Gasteiger partial charge < -0.3 is 4.43 Å². The summed E-state index contributed by atoms with van der Waals surface area (Å²) >= 11 is 1.88. The molecule has 1 nitrogen and oxygen atoms in total. The highest BCUT2D eigenvalue weighted by Crippen LogP contribution is 2.37. The normalized spacial score (nSPS) is 16.4. The smallest absolute Gasteiger partial charge is 0.192 e. The van der Waals surface area contributed by atoms with Gasteiger partial charge in [-0.3, -0.25) is 0 Å². The molecule has 0 aliphatic heterocycles. The van der Waals surface area contributed by atoms with E-state index in [1.807, 2.05) is 11.3 Å². The van der Waals surface area contributed by atoms with Crippen LogP contribution in [0.2, 0.25) is 18.1 Å². The van der Waals surface area contributed by atoms with Crippen LogP contribution in [0, 0.1) is 0 Å². The van der Waals surface area contributed by atoms with E-state index < -0.39 is 8.32 Å². The van der Waals surface area contributed by atoms with Crippen molar-refractivity contribution in [2.45, 2.75) is 51.7 Å². The highest BCUT2D eigenvalue weighted by Gasteiger charge is 2.37. The highest BCUT2D eigenvalue weighted by molar-refractivity contribution is 7.10. The molecule has 2 rings (SSSR count). The molecule has 1 aliphatic rings. The number of aryl methyl sites for hydroxylation is 1. The molecule has 0 N–H and O–H groups in total. The van der Waals surface area contributed by atoms with E-state index in [2.05, 4.69) is 51.4 Å². The Morgan fingerprint density at radius 1 is 1.28 bits per heavy atom. The maximum absolute atomic E-state index is 6.30. The van der Waals surface area contributed by atoms with E-state index in [1.54, 1.807) is 0 Å². The number of rotatable bonds is 3. The van der Waals surface area contributed by atoms with Crippen LogP contribution in [-0.4, -0.2) is 14.9 Å². The van der Waals surface area contributed by atoms with Gasteiger partial charge in [-0.05, 0) is 53.6 Å². The molecule has 0 spiro atoms. The summed E-state index contributed by atoms with van der Waals surface area (Å²) in [5, 5.41) is 2.49. The maximum Gasteiger partial charge on any atom is 0.192 e. The van der Waals surface area contributed by atoms with Crippen molar-refractivity contribution in [2.24, 2.45) is 0 Å². The third-order valence-electron chi connectivity index (χ3n) is 4.24. The van der Waals surface area contributed by atoms with E-state index in [0.717, 1.165) is 6.61 Å². The summed E-state index contributed by atoms with van der Waals surface area (Å²) in [7, 11) is -1.60. The van der Waals surface area contributed by atoms with Gasteiger partial charge in [-0.25, -0.2) is 0 Å². The number of hydrogen-bond acceptors (Lipinski definition) is 2. The molecule has 0 bridgehead atoms. The molecule has 18 heavy (non-hydrogen) atoms.